The van der Waals surface area contributed by atoms with Crippen LogP contribution in [0.3, 0.4) is 0 Å². The molecule has 1 aromatic rings. The lowest BCUT2D eigenvalue weighted by Crippen LogP contribution is -2.48. The van der Waals surface area contributed by atoms with E-state index in [0.717, 1.165) is 4.47 Å². The first kappa shape index (κ1) is 12.9. The molecular weight excluding hydrogens is 305 g/mol. The number of halogens is 2. The number of benzene rings is 1. The highest BCUT2D eigenvalue weighted by Crippen LogP contribution is 2.27. The number of rotatable bonds is 3. The van der Waals surface area contributed by atoms with Crippen LogP contribution >= 0.6 is 27.5 Å². The summed E-state index contributed by atoms with van der Waals surface area (Å²) in [7, 11) is 0. The van der Waals surface area contributed by atoms with Crippen LogP contribution in [-0.2, 0) is 4.74 Å². The Bertz CT molecular complexity index is 446. The summed E-state index contributed by atoms with van der Waals surface area (Å²) in [6.07, 6.45) is 0. The Labute approximate surface area is 114 Å². The summed E-state index contributed by atoms with van der Waals surface area (Å²) in [5.41, 5.74) is 0.554. The summed E-state index contributed by atoms with van der Waals surface area (Å²) in [5.74, 6) is -0.149. The van der Waals surface area contributed by atoms with Gasteiger partial charge in [-0.3, -0.25) is 4.79 Å². The molecule has 2 rings (SSSR count). The van der Waals surface area contributed by atoms with Gasteiger partial charge in [0, 0.05) is 16.4 Å². The topological polar surface area (TPSA) is 38.3 Å². The molecule has 1 fully saturated rings. The van der Waals surface area contributed by atoms with E-state index in [1.165, 1.54) is 0 Å². The largest absolute Gasteiger partial charge is 0.380 e. The molecular formula is C12H13BrClNO2. The molecule has 3 nitrogen and oxygen atoms in total. The van der Waals surface area contributed by atoms with Gasteiger partial charge in [-0.25, -0.2) is 0 Å². The van der Waals surface area contributed by atoms with E-state index in [0.29, 0.717) is 30.3 Å². The summed E-state index contributed by atoms with van der Waals surface area (Å²) in [6.45, 7) is 4.08. The minimum absolute atomic E-state index is 0.0636. The second-order valence-electron chi connectivity index (χ2n) is 4.59. The average molecular weight is 319 g/mol. The van der Waals surface area contributed by atoms with Gasteiger partial charge in [0.25, 0.3) is 5.91 Å². The van der Waals surface area contributed by atoms with Crippen molar-refractivity contribution in [1.82, 2.24) is 5.32 Å². The van der Waals surface area contributed by atoms with Crippen molar-refractivity contribution in [2.75, 3.05) is 19.8 Å². The minimum Gasteiger partial charge on any atom is -0.380 e. The molecule has 1 aliphatic rings. The van der Waals surface area contributed by atoms with E-state index >= 15 is 0 Å². The fourth-order valence-corrected chi connectivity index (χ4v) is 2.20. The van der Waals surface area contributed by atoms with E-state index in [1.54, 1.807) is 18.2 Å². The number of ether oxygens (including phenoxy) is 1. The van der Waals surface area contributed by atoms with Gasteiger partial charge in [-0.2, -0.15) is 0 Å². The number of hydrogen-bond donors (Lipinski definition) is 1. The van der Waals surface area contributed by atoms with Crippen LogP contribution in [0.4, 0.5) is 0 Å². The third-order valence-corrected chi connectivity index (χ3v) is 4.07. The molecule has 1 saturated heterocycles. The Balaban J connectivity index is 2.02. The standard InChI is InChI=1S/C12H13BrClNO2/c1-12(6-17-7-12)5-15-11(16)8-3-2-4-9(13)10(8)14/h2-4H,5-7H2,1H3,(H,15,16). The number of carbonyl (C=O) groups is 1. The molecule has 0 aromatic heterocycles. The van der Waals surface area contributed by atoms with Crippen LogP contribution in [-0.4, -0.2) is 25.7 Å². The molecule has 5 heteroatoms. The SMILES string of the molecule is CC1(CNC(=O)c2cccc(Br)c2Cl)COC1. The maximum atomic E-state index is 11.9. The molecule has 1 amide bonds. The van der Waals surface area contributed by atoms with Gasteiger partial charge in [0.2, 0.25) is 0 Å². The van der Waals surface area contributed by atoms with E-state index in [1.807, 2.05) is 0 Å². The molecule has 1 aromatic carbocycles. The van der Waals surface area contributed by atoms with Gasteiger partial charge in [0.15, 0.2) is 0 Å². The molecule has 0 spiro atoms. The second kappa shape index (κ2) is 4.96. The van der Waals surface area contributed by atoms with Crippen molar-refractivity contribution in [1.29, 1.82) is 0 Å². The Kier molecular flexibility index (Phi) is 3.76. The summed E-state index contributed by atoms with van der Waals surface area (Å²) < 4.78 is 5.86. The molecule has 1 aliphatic heterocycles. The van der Waals surface area contributed by atoms with Crippen LogP contribution in [0.15, 0.2) is 22.7 Å². The first-order valence-corrected chi connectivity index (χ1v) is 6.49. The van der Waals surface area contributed by atoms with Gasteiger partial charge in [-0.1, -0.05) is 24.6 Å². The van der Waals surface area contributed by atoms with Crippen molar-refractivity contribution in [3.05, 3.63) is 33.3 Å². The second-order valence-corrected chi connectivity index (χ2v) is 5.82. The van der Waals surface area contributed by atoms with Crippen molar-refractivity contribution < 1.29 is 9.53 Å². The van der Waals surface area contributed by atoms with Crippen LogP contribution in [0.25, 0.3) is 0 Å². The lowest BCUT2D eigenvalue weighted by atomic mass is 9.88. The normalized spacial score (nSPS) is 17.4. The van der Waals surface area contributed by atoms with Crippen molar-refractivity contribution in [2.24, 2.45) is 5.41 Å². The summed E-state index contributed by atoms with van der Waals surface area (Å²) in [5, 5.41) is 3.33. The first-order valence-electron chi connectivity index (χ1n) is 5.32. The molecule has 0 aliphatic carbocycles. The highest BCUT2D eigenvalue weighted by molar-refractivity contribution is 9.10. The summed E-state index contributed by atoms with van der Waals surface area (Å²) in [6, 6.07) is 5.31. The third kappa shape index (κ3) is 2.81. The van der Waals surface area contributed by atoms with Crippen molar-refractivity contribution >= 4 is 33.4 Å². The quantitative estimate of drug-likeness (QED) is 0.930. The molecule has 17 heavy (non-hydrogen) atoms. The van der Waals surface area contributed by atoms with E-state index in [4.69, 9.17) is 16.3 Å². The molecule has 92 valence electrons. The van der Waals surface area contributed by atoms with E-state index in [9.17, 15) is 4.79 Å². The number of hydrogen-bond acceptors (Lipinski definition) is 2. The molecule has 0 bridgehead atoms. The third-order valence-electron chi connectivity index (χ3n) is 2.77. The Morgan fingerprint density at radius 1 is 1.59 bits per heavy atom. The van der Waals surface area contributed by atoms with Gasteiger partial charge >= 0.3 is 0 Å². The lowest BCUT2D eigenvalue weighted by Gasteiger charge is -2.38. The fourth-order valence-electron chi connectivity index (χ4n) is 1.62. The summed E-state index contributed by atoms with van der Waals surface area (Å²) >= 11 is 9.35. The summed E-state index contributed by atoms with van der Waals surface area (Å²) in [4.78, 5) is 11.9. The molecule has 0 saturated carbocycles. The van der Waals surface area contributed by atoms with Gasteiger partial charge in [0.05, 0.1) is 23.8 Å². The zero-order chi connectivity index (χ0) is 12.5. The highest BCUT2D eigenvalue weighted by Gasteiger charge is 2.33. The predicted octanol–water partition coefficient (Wildman–Crippen LogP) is 2.87. The van der Waals surface area contributed by atoms with E-state index in [-0.39, 0.29) is 11.3 Å². The first-order chi connectivity index (χ1) is 8.02. The van der Waals surface area contributed by atoms with Crippen LogP contribution in [0.2, 0.25) is 5.02 Å². The van der Waals surface area contributed by atoms with Crippen LogP contribution in [0.5, 0.6) is 0 Å². The van der Waals surface area contributed by atoms with Gasteiger partial charge in [-0.05, 0) is 28.1 Å². The number of carbonyl (C=O) groups excluding carboxylic acids is 1. The molecule has 0 radical (unpaired) electrons. The van der Waals surface area contributed by atoms with Crippen molar-refractivity contribution in [2.45, 2.75) is 6.92 Å². The van der Waals surface area contributed by atoms with Crippen LogP contribution in [0, 0.1) is 5.41 Å². The molecule has 0 atom stereocenters. The Morgan fingerprint density at radius 2 is 2.29 bits per heavy atom. The molecule has 1 heterocycles. The molecule has 1 N–H and O–H groups in total. The highest BCUT2D eigenvalue weighted by atomic mass is 79.9. The average Bonchev–Trinajstić information content (AvgIpc) is 2.27. The van der Waals surface area contributed by atoms with E-state index in [2.05, 4.69) is 28.2 Å². The Morgan fingerprint density at radius 3 is 2.88 bits per heavy atom. The molecule has 0 unspecified atom stereocenters. The maximum absolute atomic E-state index is 11.9. The number of amides is 1. The van der Waals surface area contributed by atoms with Crippen LogP contribution < -0.4 is 5.32 Å². The smallest absolute Gasteiger partial charge is 0.252 e. The Hall–Kier alpha value is -0.580. The van der Waals surface area contributed by atoms with Gasteiger partial charge < -0.3 is 10.1 Å². The van der Waals surface area contributed by atoms with Gasteiger partial charge in [-0.15, -0.1) is 0 Å². The maximum Gasteiger partial charge on any atom is 0.252 e. The zero-order valence-corrected chi connectivity index (χ0v) is 11.8. The van der Waals surface area contributed by atoms with Crippen LogP contribution in [0.1, 0.15) is 17.3 Å². The predicted molar refractivity (Wildman–Crippen MR) is 70.4 cm³/mol. The van der Waals surface area contributed by atoms with Crippen molar-refractivity contribution in [3.8, 4) is 0 Å². The van der Waals surface area contributed by atoms with Gasteiger partial charge in [0.1, 0.15) is 0 Å². The lowest BCUT2D eigenvalue weighted by molar-refractivity contribution is -0.0978. The van der Waals surface area contributed by atoms with E-state index < -0.39 is 0 Å². The fraction of sp³-hybridized carbons (Fsp3) is 0.417. The van der Waals surface area contributed by atoms with Crippen molar-refractivity contribution in [3.63, 3.8) is 0 Å². The monoisotopic (exact) mass is 317 g/mol. The number of nitrogens with one attached hydrogen (secondary N) is 1. The zero-order valence-electron chi connectivity index (χ0n) is 9.43. The minimum atomic E-state index is -0.149.